The van der Waals surface area contributed by atoms with E-state index in [1.807, 2.05) is 12.1 Å². The highest BCUT2D eigenvalue weighted by atomic mass is 31.2. The summed E-state index contributed by atoms with van der Waals surface area (Å²) in [4.78, 5) is 24.6. The molecule has 0 bridgehead atoms. The minimum atomic E-state index is -4.00. The van der Waals surface area contributed by atoms with Gasteiger partial charge in [-0.05, 0) is 11.1 Å². The van der Waals surface area contributed by atoms with E-state index >= 15 is 0 Å². The lowest BCUT2D eigenvalue weighted by molar-refractivity contribution is -0.145. The monoisotopic (exact) mass is 407 g/mol. The lowest BCUT2D eigenvalue weighted by Gasteiger charge is -2.23. The van der Waals surface area contributed by atoms with Crippen molar-refractivity contribution in [2.75, 3.05) is 14.2 Å². The number of carbonyl (C=O) groups is 2. The van der Waals surface area contributed by atoms with Crippen LogP contribution in [0.1, 0.15) is 11.1 Å². The minimum Gasteiger partial charge on any atom is -0.459 e. The van der Waals surface area contributed by atoms with Crippen LogP contribution in [0.15, 0.2) is 60.7 Å². The molecule has 0 heterocycles. The molecule has 2 rings (SSSR count). The summed E-state index contributed by atoms with van der Waals surface area (Å²) in [6.45, 7) is -0.0902. The smallest absolute Gasteiger partial charge is 0.408 e. The highest BCUT2D eigenvalue weighted by molar-refractivity contribution is 7.55. The first kappa shape index (κ1) is 21.6. The first-order valence-corrected chi connectivity index (χ1v) is 9.98. The highest BCUT2D eigenvalue weighted by Gasteiger charge is 2.43. The second-order valence-electron chi connectivity index (χ2n) is 5.61. The van der Waals surface area contributed by atoms with Gasteiger partial charge in [0.15, 0.2) is 0 Å². The van der Waals surface area contributed by atoms with E-state index in [1.165, 1.54) is 0 Å². The standard InChI is InChI=1S/C19H22NO7P/c1-24-28(23,25-2)17(18(21)26-13-15-9-5-3-6-10-15)20-19(22)27-14-16-11-7-4-8-12-16/h3-12,17H,13-14H2,1-2H3,(H,20,22). The molecule has 150 valence electrons. The molecule has 0 saturated carbocycles. The van der Waals surface area contributed by atoms with Crippen LogP contribution in [-0.4, -0.2) is 32.1 Å². The van der Waals surface area contributed by atoms with Gasteiger partial charge in [0.25, 0.3) is 0 Å². The Bertz CT molecular complexity index is 806. The Morgan fingerprint density at radius 3 is 1.79 bits per heavy atom. The average Bonchev–Trinajstić information content (AvgIpc) is 2.75. The van der Waals surface area contributed by atoms with E-state index < -0.39 is 25.4 Å². The van der Waals surface area contributed by atoms with Gasteiger partial charge in [-0.2, -0.15) is 0 Å². The van der Waals surface area contributed by atoms with Crippen LogP contribution in [0.3, 0.4) is 0 Å². The maximum atomic E-state index is 12.7. The number of hydrogen-bond acceptors (Lipinski definition) is 7. The van der Waals surface area contributed by atoms with Gasteiger partial charge in [-0.25, -0.2) is 9.59 Å². The summed E-state index contributed by atoms with van der Waals surface area (Å²) >= 11 is 0. The van der Waals surface area contributed by atoms with Crippen molar-refractivity contribution in [2.45, 2.75) is 19.0 Å². The number of rotatable bonds is 9. The third-order valence-electron chi connectivity index (χ3n) is 3.74. The van der Waals surface area contributed by atoms with Crippen molar-refractivity contribution in [3.05, 3.63) is 71.8 Å². The minimum absolute atomic E-state index is 0.0251. The molecule has 0 saturated heterocycles. The number of carbonyl (C=O) groups excluding carboxylic acids is 2. The maximum Gasteiger partial charge on any atom is 0.408 e. The number of nitrogens with one attached hydrogen (secondary N) is 1. The van der Waals surface area contributed by atoms with Crippen LogP contribution in [0.25, 0.3) is 0 Å². The summed E-state index contributed by atoms with van der Waals surface area (Å²) in [5.41, 5.74) is 1.48. The average molecular weight is 407 g/mol. The number of ether oxygens (including phenoxy) is 2. The fourth-order valence-corrected chi connectivity index (χ4v) is 3.40. The summed E-state index contributed by atoms with van der Waals surface area (Å²) in [5.74, 6) is -2.64. The predicted octanol–water partition coefficient (Wildman–Crippen LogP) is 3.47. The Morgan fingerprint density at radius 2 is 1.32 bits per heavy atom. The van der Waals surface area contributed by atoms with Gasteiger partial charge in [0, 0.05) is 14.2 Å². The topological polar surface area (TPSA) is 100 Å². The third kappa shape index (κ3) is 6.20. The van der Waals surface area contributed by atoms with Crippen molar-refractivity contribution in [2.24, 2.45) is 0 Å². The van der Waals surface area contributed by atoms with Gasteiger partial charge < -0.3 is 18.5 Å². The van der Waals surface area contributed by atoms with E-state index in [4.69, 9.17) is 18.5 Å². The zero-order chi connectivity index (χ0) is 20.4. The first-order valence-electron chi connectivity index (χ1n) is 8.37. The summed E-state index contributed by atoms with van der Waals surface area (Å²) in [7, 11) is -1.78. The van der Waals surface area contributed by atoms with Crippen molar-refractivity contribution in [3.63, 3.8) is 0 Å². The van der Waals surface area contributed by atoms with Crippen molar-refractivity contribution < 1.29 is 32.7 Å². The van der Waals surface area contributed by atoms with E-state index in [2.05, 4.69) is 5.32 Å². The normalized spacial score (nSPS) is 12.1. The Morgan fingerprint density at radius 1 is 0.857 bits per heavy atom. The van der Waals surface area contributed by atoms with Crippen molar-refractivity contribution in [3.8, 4) is 0 Å². The van der Waals surface area contributed by atoms with Crippen LogP contribution in [0.5, 0.6) is 0 Å². The number of esters is 1. The molecular weight excluding hydrogens is 385 g/mol. The fraction of sp³-hybridized carbons (Fsp3) is 0.263. The van der Waals surface area contributed by atoms with Crippen molar-refractivity contribution in [1.29, 1.82) is 0 Å². The third-order valence-corrected chi connectivity index (χ3v) is 5.73. The molecule has 0 radical (unpaired) electrons. The molecule has 28 heavy (non-hydrogen) atoms. The van der Waals surface area contributed by atoms with Crippen molar-refractivity contribution in [1.82, 2.24) is 5.32 Å². The molecule has 1 unspecified atom stereocenters. The van der Waals surface area contributed by atoms with Gasteiger partial charge >= 0.3 is 19.7 Å². The molecule has 1 amide bonds. The van der Waals surface area contributed by atoms with Gasteiger partial charge in [-0.1, -0.05) is 60.7 Å². The van der Waals surface area contributed by atoms with Crippen LogP contribution < -0.4 is 5.32 Å². The van der Waals surface area contributed by atoms with E-state index in [-0.39, 0.29) is 13.2 Å². The molecule has 0 aliphatic carbocycles. The van der Waals surface area contributed by atoms with Crippen LogP contribution in [0, 0.1) is 0 Å². The van der Waals surface area contributed by atoms with Gasteiger partial charge in [-0.15, -0.1) is 0 Å². The molecule has 2 aromatic carbocycles. The first-order chi connectivity index (χ1) is 13.5. The molecular formula is C19H22NO7P. The Labute approximate surface area is 163 Å². The maximum absolute atomic E-state index is 12.7. The van der Waals surface area contributed by atoms with E-state index in [0.29, 0.717) is 0 Å². The lowest BCUT2D eigenvalue weighted by Crippen LogP contribution is -2.42. The second kappa shape index (κ2) is 10.6. The molecule has 0 aromatic heterocycles. The highest BCUT2D eigenvalue weighted by Crippen LogP contribution is 2.50. The Balaban J connectivity index is 2.02. The van der Waals surface area contributed by atoms with E-state index in [0.717, 1.165) is 25.3 Å². The summed E-state index contributed by atoms with van der Waals surface area (Å²) in [6.07, 6.45) is -0.958. The lowest BCUT2D eigenvalue weighted by atomic mass is 10.2. The van der Waals surface area contributed by atoms with Crippen LogP contribution >= 0.6 is 7.60 Å². The Kier molecular flexibility index (Phi) is 8.19. The number of hydrogen-bond donors (Lipinski definition) is 1. The van der Waals surface area contributed by atoms with Crippen LogP contribution in [0.2, 0.25) is 0 Å². The molecule has 0 aliphatic heterocycles. The van der Waals surface area contributed by atoms with Gasteiger partial charge in [0.05, 0.1) is 0 Å². The second-order valence-corrected chi connectivity index (χ2v) is 7.93. The van der Waals surface area contributed by atoms with Crippen molar-refractivity contribution >= 4 is 19.7 Å². The van der Waals surface area contributed by atoms with Gasteiger partial charge in [-0.3, -0.25) is 9.88 Å². The van der Waals surface area contributed by atoms with E-state index in [1.54, 1.807) is 48.5 Å². The number of amides is 1. The molecule has 1 atom stereocenters. The summed E-state index contributed by atoms with van der Waals surface area (Å²) in [6, 6.07) is 17.9. The van der Waals surface area contributed by atoms with Crippen LogP contribution in [0.4, 0.5) is 4.79 Å². The molecule has 1 N–H and O–H groups in total. The molecule has 8 nitrogen and oxygen atoms in total. The SMILES string of the molecule is COP(=O)(OC)C(NC(=O)OCc1ccccc1)C(=O)OCc1ccccc1. The zero-order valence-electron chi connectivity index (χ0n) is 15.6. The van der Waals surface area contributed by atoms with Crippen LogP contribution in [-0.2, 0) is 41.1 Å². The predicted molar refractivity (Wildman–Crippen MR) is 101 cm³/mol. The van der Waals surface area contributed by atoms with Gasteiger partial charge in [0.1, 0.15) is 13.2 Å². The molecule has 0 aliphatic rings. The summed E-state index contributed by atoms with van der Waals surface area (Å²) < 4.78 is 32.6. The fourth-order valence-electron chi connectivity index (χ4n) is 2.24. The molecule has 0 spiro atoms. The number of alkyl carbamates (subject to hydrolysis) is 1. The Hall–Kier alpha value is -2.67. The quantitative estimate of drug-likeness (QED) is 0.502. The van der Waals surface area contributed by atoms with E-state index in [9.17, 15) is 14.2 Å². The molecule has 9 heteroatoms. The summed E-state index contributed by atoms with van der Waals surface area (Å²) in [5, 5.41) is 2.22. The number of benzene rings is 2. The largest absolute Gasteiger partial charge is 0.459 e. The van der Waals surface area contributed by atoms with Gasteiger partial charge in [0.2, 0.25) is 5.78 Å². The molecule has 2 aromatic rings. The molecule has 0 fully saturated rings. The zero-order valence-corrected chi connectivity index (χ0v) is 16.5.